The molecule has 11 heteroatoms. The van der Waals surface area contributed by atoms with Crippen molar-refractivity contribution in [1.29, 1.82) is 5.26 Å². The monoisotopic (exact) mass is 521 g/mol. The second-order valence-corrected chi connectivity index (χ2v) is 10.1. The number of pyridine rings is 1. The van der Waals surface area contributed by atoms with Crippen LogP contribution in [-0.4, -0.2) is 62.3 Å². The number of aryl methyl sites for hydroxylation is 2. The quantitative estimate of drug-likeness (QED) is 0.505. The van der Waals surface area contributed by atoms with Crippen molar-refractivity contribution in [1.82, 2.24) is 24.4 Å². The summed E-state index contributed by atoms with van der Waals surface area (Å²) in [6, 6.07) is 6.26. The van der Waals surface area contributed by atoms with E-state index >= 15 is 0 Å². The molecule has 3 N–H and O–H groups in total. The largest absolute Gasteiger partial charge is 0.444 e. The smallest absolute Gasteiger partial charge is 0.410 e. The van der Waals surface area contributed by atoms with Crippen LogP contribution in [0.4, 0.5) is 22.2 Å². The lowest BCUT2D eigenvalue weighted by Crippen LogP contribution is -2.42. The number of carbonyl (C=O) groups excluding carboxylic acids is 1. The Morgan fingerprint density at radius 1 is 1.32 bits per heavy atom. The van der Waals surface area contributed by atoms with Gasteiger partial charge >= 0.3 is 6.09 Å². The first-order valence-corrected chi connectivity index (χ1v) is 12.9. The molecule has 204 valence electrons. The molecule has 11 nitrogen and oxygen atoms in total. The number of hydrogen-bond acceptors (Lipinski definition) is 9. The van der Waals surface area contributed by atoms with E-state index in [1.807, 2.05) is 58.5 Å². The van der Waals surface area contributed by atoms with Crippen LogP contribution < -0.4 is 16.0 Å². The zero-order valence-corrected chi connectivity index (χ0v) is 23.7. The fourth-order valence-corrected chi connectivity index (χ4v) is 4.40. The summed E-state index contributed by atoms with van der Waals surface area (Å²) in [5.41, 5.74) is 9.82. The van der Waals surface area contributed by atoms with Crippen LogP contribution in [-0.2, 0) is 18.3 Å². The summed E-state index contributed by atoms with van der Waals surface area (Å²) in [6.45, 7) is 13.1. The Hall–Kier alpha value is -4.07. The van der Waals surface area contributed by atoms with Crippen LogP contribution in [0.1, 0.15) is 58.0 Å². The number of hydrogen-bond donors (Lipinski definition) is 2. The van der Waals surface area contributed by atoms with Crippen LogP contribution in [0.2, 0.25) is 0 Å². The molecule has 1 saturated heterocycles. The lowest BCUT2D eigenvalue weighted by atomic mass is 10.2. The lowest BCUT2D eigenvalue weighted by molar-refractivity contribution is 0.0238. The summed E-state index contributed by atoms with van der Waals surface area (Å²) in [6.07, 6.45) is 2.46. The Labute approximate surface area is 224 Å². The predicted octanol–water partition coefficient (Wildman–Crippen LogP) is 4.21. The Bertz CT molecular complexity index is 1340. The highest BCUT2D eigenvalue weighted by Gasteiger charge is 2.32. The second-order valence-electron chi connectivity index (χ2n) is 10.1. The third-order valence-corrected chi connectivity index (χ3v) is 6.30. The highest BCUT2D eigenvalue weighted by molar-refractivity contribution is 5.81. The van der Waals surface area contributed by atoms with E-state index in [9.17, 15) is 10.1 Å². The highest BCUT2D eigenvalue weighted by atomic mass is 16.6. The Kier molecular flexibility index (Phi) is 8.66. The molecule has 1 atom stereocenters. The van der Waals surface area contributed by atoms with Gasteiger partial charge in [-0.15, -0.1) is 0 Å². The number of carbonyl (C=O) groups is 1. The number of nitrogens with two attached hydrogens (primary N) is 1. The van der Waals surface area contributed by atoms with Gasteiger partial charge in [0.15, 0.2) is 0 Å². The fraction of sp³-hybridized carbons (Fsp3) is 0.519. The van der Waals surface area contributed by atoms with Crippen LogP contribution in [0.3, 0.4) is 0 Å². The molecule has 0 bridgehead atoms. The minimum Gasteiger partial charge on any atom is -0.444 e. The zero-order chi connectivity index (χ0) is 28.2. The first kappa shape index (κ1) is 28.5. The third-order valence-electron chi connectivity index (χ3n) is 6.30. The third kappa shape index (κ3) is 6.25. The lowest BCUT2D eigenvalue weighted by Gasteiger charge is -2.29. The van der Waals surface area contributed by atoms with Crippen LogP contribution >= 0.6 is 0 Å². The summed E-state index contributed by atoms with van der Waals surface area (Å²) < 4.78 is 7.60. The standard InChI is InChI=1S/C25H33N9O2.C2H6/c1-15-17(12-26)22(31-23(27)29-15)28-13-19-21(11-20-18(30-19)8-9-32(20)5)34-10-7-16(14-34)33(6)24(35)36-25(2,3)4;1-2/h8-9,11,16H,7,10,13-14H2,1-6H3,(H3,27,28,29,31);1-2H3. The maximum Gasteiger partial charge on any atom is 0.410 e. The first-order chi connectivity index (χ1) is 18.0. The van der Waals surface area contributed by atoms with E-state index in [2.05, 4.69) is 32.3 Å². The van der Waals surface area contributed by atoms with E-state index in [1.54, 1.807) is 18.9 Å². The normalized spacial score (nSPS) is 15.0. The van der Waals surface area contributed by atoms with Gasteiger partial charge in [0.25, 0.3) is 0 Å². The van der Waals surface area contributed by atoms with Crippen molar-refractivity contribution in [2.24, 2.45) is 7.05 Å². The number of likely N-dealkylation sites (N-methyl/N-ethyl adjacent to an activating group) is 1. The molecule has 0 radical (unpaired) electrons. The van der Waals surface area contributed by atoms with Gasteiger partial charge in [0.2, 0.25) is 5.95 Å². The van der Waals surface area contributed by atoms with Gasteiger partial charge in [-0.05, 0) is 46.2 Å². The van der Waals surface area contributed by atoms with E-state index in [4.69, 9.17) is 15.5 Å². The SMILES string of the molecule is CC.Cc1nc(N)nc(NCc2nc3ccn(C)c3cc2N2CCC(N(C)C(=O)OC(C)(C)C)C2)c1C#N. The van der Waals surface area contributed by atoms with Crippen molar-refractivity contribution in [3.8, 4) is 6.07 Å². The van der Waals surface area contributed by atoms with Crippen molar-refractivity contribution in [2.45, 2.75) is 66.2 Å². The molecule has 1 aliphatic heterocycles. The number of ether oxygens (including phenoxy) is 1. The van der Waals surface area contributed by atoms with E-state index in [1.165, 1.54) is 0 Å². The molecular formula is C27H39N9O2. The Balaban J connectivity index is 0.00000195. The molecular weight excluding hydrogens is 482 g/mol. The molecule has 0 saturated carbocycles. The van der Waals surface area contributed by atoms with Crippen molar-refractivity contribution in [3.05, 3.63) is 35.3 Å². The van der Waals surface area contributed by atoms with Gasteiger partial charge in [-0.2, -0.15) is 10.2 Å². The minimum absolute atomic E-state index is 0.0132. The molecule has 0 aromatic carbocycles. The molecule has 1 unspecified atom stereocenters. The number of aromatic nitrogens is 4. The van der Waals surface area contributed by atoms with Crippen LogP contribution in [0, 0.1) is 18.3 Å². The van der Waals surface area contributed by atoms with Crippen molar-refractivity contribution < 1.29 is 9.53 Å². The minimum atomic E-state index is -0.547. The number of fused-ring (bicyclic) bond motifs is 1. The van der Waals surface area contributed by atoms with Gasteiger partial charge in [-0.3, -0.25) is 0 Å². The molecule has 1 aliphatic rings. The fourth-order valence-electron chi connectivity index (χ4n) is 4.40. The number of nitrogens with zero attached hydrogens (tertiary/aromatic N) is 7. The summed E-state index contributed by atoms with van der Waals surface area (Å²) in [5, 5.41) is 12.8. The summed E-state index contributed by atoms with van der Waals surface area (Å²) >= 11 is 0. The van der Waals surface area contributed by atoms with Crippen molar-refractivity contribution in [3.63, 3.8) is 0 Å². The van der Waals surface area contributed by atoms with Crippen LogP contribution in [0.15, 0.2) is 18.3 Å². The van der Waals surface area contributed by atoms with Crippen molar-refractivity contribution in [2.75, 3.05) is 36.1 Å². The molecule has 1 amide bonds. The average molecular weight is 522 g/mol. The molecule has 0 aliphatic carbocycles. The molecule has 3 aromatic rings. The van der Waals surface area contributed by atoms with Gasteiger partial charge in [-0.25, -0.2) is 14.8 Å². The number of nitrogen functional groups attached to an aromatic ring is 1. The van der Waals surface area contributed by atoms with E-state index in [0.29, 0.717) is 30.2 Å². The summed E-state index contributed by atoms with van der Waals surface area (Å²) in [4.78, 5) is 29.8. The van der Waals surface area contributed by atoms with Gasteiger partial charge in [0, 0.05) is 33.4 Å². The molecule has 4 rings (SSSR count). The maximum absolute atomic E-state index is 12.6. The number of nitriles is 1. The molecule has 3 aromatic heterocycles. The number of rotatable bonds is 5. The molecule has 38 heavy (non-hydrogen) atoms. The maximum atomic E-state index is 12.6. The van der Waals surface area contributed by atoms with Gasteiger partial charge in [0.1, 0.15) is 23.1 Å². The Morgan fingerprint density at radius 3 is 2.68 bits per heavy atom. The zero-order valence-electron chi connectivity index (χ0n) is 23.7. The topological polar surface area (TPSA) is 138 Å². The highest BCUT2D eigenvalue weighted by Crippen LogP contribution is 2.30. The average Bonchev–Trinajstić information content (AvgIpc) is 3.48. The van der Waals surface area contributed by atoms with E-state index < -0.39 is 5.60 Å². The van der Waals surface area contributed by atoms with E-state index in [0.717, 1.165) is 35.4 Å². The Morgan fingerprint density at radius 2 is 2.03 bits per heavy atom. The van der Waals surface area contributed by atoms with Crippen molar-refractivity contribution >= 4 is 34.6 Å². The number of amides is 1. The van der Waals surface area contributed by atoms with E-state index in [-0.39, 0.29) is 18.1 Å². The van der Waals surface area contributed by atoms with Crippen LogP contribution in [0.25, 0.3) is 11.0 Å². The van der Waals surface area contributed by atoms with Crippen LogP contribution in [0.5, 0.6) is 0 Å². The molecule has 0 spiro atoms. The van der Waals surface area contributed by atoms with Gasteiger partial charge < -0.3 is 30.2 Å². The predicted molar refractivity (Wildman–Crippen MR) is 150 cm³/mol. The number of anilines is 3. The second kappa shape index (κ2) is 11.5. The first-order valence-electron chi connectivity index (χ1n) is 12.9. The number of nitrogens with one attached hydrogen (secondary N) is 1. The van der Waals surface area contributed by atoms with Gasteiger partial charge in [-0.1, -0.05) is 13.8 Å². The molecule has 4 heterocycles. The van der Waals surface area contributed by atoms with Gasteiger partial charge in [0.05, 0.1) is 40.7 Å². The molecule has 1 fully saturated rings. The summed E-state index contributed by atoms with van der Waals surface area (Å²) in [7, 11) is 3.77. The summed E-state index contributed by atoms with van der Waals surface area (Å²) in [5.74, 6) is 0.487.